The van der Waals surface area contributed by atoms with Gasteiger partial charge >= 0.3 is 0 Å². The van der Waals surface area contributed by atoms with Crippen molar-refractivity contribution in [2.45, 2.75) is 17.7 Å². The molecule has 1 heterocycles. The molecule has 8 heteroatoms. The van der Waals surface area contributed by atoms with E-state index in [4.69, 9.17) is 5.26 Å². The average Bonchev–Trinajstić information content (AvgIpc) is 3.29. The van der Waals surface area contributed by atoms with Crippen molar-refractivity contribution in [2.75, 3.05) is 6.54 Å². The van der Waals surface area contributed by atoms with E-state index in [0.717, 1.165) is 18.9 Å². The van der Waals surface area contributed by atoms with E-state index in [1.165, 1.54) is 16.7 Å². The first kappa shape index (κ1) is 16.6. The Hall–Kier alpha value is -2.24. The third kappa shape index (κ3) is 3.05. The molecule has 1 fully saturated rings. The molecule has 5 nitrogen and oxygen atoms in total. The fraction of sp³-hybridized carbons (Fsp3) is 0.312. The Morgan fingerprint density at radius 2 is 2.00 bits per heavy atom. The van der Waals surface area contributed by atoms with Crippen LogP contribution in [-0.4, -0.2) is 19.5 Å². The first-order valence-corrected chi connectivity index (χ1v) is 8.86. The minimum absolute atomic E-state index is 0.0994. The lowest BCUT2D eigenvalue weighted by molar-refractivity contribution is 0.544. The molecular weight excluding hydrogens is 336 g/mol. The maximum absolute atomic E-state index is 14.4. The number of nitrogens with one attached hydrogen (secondary N) is 1. The van der Waals surface area contributed by atoms with Crippen molar-refractivity contribution in [3.63, 3.8) is 0 Å². The van der Waals surface area contributed by atoms with E-state index in [1.54, 1.807) is 7.05 Å². The Kier molecular flexibility index (Phi) is 4.15. The van der Waals surface area contributed by atoms with Gasteiger partial charge in [0.25, 0.3) is 0 Å². The van der Waals surface area contributed by atoms with E-state index >= 15 is 0 Å². The van der Waals surface area contributed by atoms with Crippen LogP contribution in [-0.2, 0) is 17.1 Å². The molecule has 0 atom stereocenters. The molecule has 0 unspecified atom stereocenters. The number of hydrogen-bond donors (Lipinski definition) is 1. The van der Waals surface area contributed by atoms with Gasteiger partial charge < -0.3 is 4.57 Å². The summed E-state index contributed by atoms with van der Waals surface area (Å²) in [7, 11) is -2.55. The van der Waals surface area contributed by atoms with Crippen LogP contribution in [0.15, 0.2) is 29.2 Å². The van der Waals surface area contributed by atoms with Crippen LogP contribution < -0.4 is 4.72 Å². The quantitative estimate of drug-likeness (QED) is 0.899. The molecule has 0 aliphatic heterocycles. The molecule has 0 spiro atoms. The zero-order valence-corrected chi connectivity index (χ0v) is 13.7. The summed E-state index contributed by atoms with van der Waals surface area (Å²) in [4.78, 5) is -0.709. The molecule has 24 heavy (non-hydrogen) atoms. The van der Waals surface area contributed by atoms with Crippen LogP contribution in [0.1, 0.15) is 18.5 Å². The van der Waals surface area contributed by atoms with Crippen molar-refractivity contribution in [2.24, 2.45) is 13.0 Å². The lowest BCUT2D eigenvalue weighted by atomic mass is 10.1. The van der Waals surface area contributed by atoms with Crippen LogP contribution in [0.4, 0.5) is 8.78 Å². The first-order valence-electron chi connectivity index (χ1n) is 7.38. The zero-order chi connectivity index (χ0) is 17.5. The molecule has 1 aliphatic carbocycles. The standard InChI is InChI=1S/C16H15F2N3O2S/c1-21-11(8-19)4-5-15(21)12-6-14(18)16(7-13(12)17)24(22,23)20-9-10-2-3-10/h4-7,10,20H,2-3,9H2,1H3. The van der Waals surface area contributed by atoms with Crippen LogP contribution >= 0.6 is 0 Å². The summed E-state index contributed by atoms with van der Waals surface area (Å²) >= 11 is 0. The second kappa shape index (κ2) is 6.00. The minimum atomic E-state index is -4.10. The smallest absolute Gasteiger partial charge is 0.243 e. The van der Waals surface area contributed by atoms with E-state index in [9.17, 15) is 17.2 Å². The molecule has 1 aromatic heterocycles. The summed E-state index contributed by atoms with van der Waals surface area (Å²) in [6, 6.07) is 6.42. The van der Waals surface area contributed by atoms with Gasteiger partial charge in [0.05, 0.1) is 5.69 Å². The summed E-state index contributed by atoms with van der Waals surface area (Å²) in [5, 5.41) is 8.94. The van der Waals surface area contributed by atoms with Gasteiger partial charge in [-0.05, 0) is 43.0 Å². The number of aromatic nitrogens is 1. The maximum atomic E-state index is 14.4. The van der Waals surface area contributed by atoms with Gasteiger partial charge in [0.15, 0.2) is 0 Å². The largest absolute Gasteiger partial charge is 0.335 e. The summed E-state index contributed by atoms with van der Waals surface area (Å²) in [6.07, 6.45) is 1.88. The summed E-state index contributed by atoms with van der Waals surface area (Å²) < 4.78 is 56.7. The molecule has 2 aromatic rings. The minimum Gasteiger partial charge on any atom is -0.335 e. The van der Waals surface area contributed by atoms with Gasteiger partial charge in [-0.25, -0.2) is 21.9 Å². The summed E-state index contributed by atoms with van der Waals surface area (Å²) in [6.45, 7) is 0.231. The van der Waals surface area contributed by atoms with Crippen LogP contribution in [0.3, 0.4) is 0 Å². The van der Waals surface area contributed by atoms with E-state index in [-0.39, 0.29) is 29.4 Å². The highest BCUT2D eigenvalue weighted by Crippen LogP contribution is 2.30. The number of nitrogens with zero attached hydrogens (tertiary/aromatic N) is 2. The van der Waals surface area contributed by atoms with Crippen molar-refractivity contribution in [1.82, 2.24) is 9.29 Å². The Balaban J connectivity index is 1.99. The number of benzene rings is 1. The number of nitriles is 1. The third-order valence-corrected chi connectivity index (χ3v) is 5.52. The molecule has 1 aliphatic rings. The van der Waals surface area contributed by atoms with E-state index < -0.39 is 26.6 Å². The van der Waals surface area contributed by atoms with Gasteiger partial charge in [-0.1, -0.05) is 0 Å². The van der Waals surface area contributed by atoms with Crippen molar-refractivity contribution in [3.05, 3.63) is 41.6 Å². The van der Waals surface area contributed by atoms with Crippen molar-refractivity contribution in [1.29, 1.82) is 5.26 Å². The van der Waals surface area contributed by atoms with Gasteiger partial charge in [0, 0.05) is 19.2 Å². The molecule has 126 valence electrons. The highest BCUT2D eigenvalue weighted by atomic mass is 32.2. The maximum Gasteiger partial charge on any atom is 0.243 e. The normalized spacial score (nSPS) is 14.6. The predicted molar refractivity (Wildman–Crippen MR) is 83.4 cm³/mol. The Bertz CT molecular complexity index is 941. The fourth-order valence-electron chi connectivity index (χ4n) is 2.45. The lowest BCUT2D eigenvalue weighted by Gasteiger charge is -2.11. The average molecular weight is 351 g/mol. The monoisotopic (exact) mass is 351 g/mol. The zero-order valence-electron chi connectivity index (χ0n) is 12.9. The summed E-state index contributed by atoms with van der Waals surface area (Å²) in [5.74, 6) is -1.62. The molecule has 3 rings (SSSR count). The molecule has 0 radical (unpaired) electrons. The Morgan fingerprint density at radius 1 is 1.29 bits per heavy atom. The molecule has 1 saturated carbocycles. The van der Waals surface area contributed by atoms with Gasteiger partial charge in [-0.2, -0.15) is 5.26 Å². The van der Waals surface area contributed by atoms with Gasteiger partial charge in [0.2, 0.25) is 10.0 Å². The molecular formula is C16H15F2N3O2S. The second-order valence-corrected chi connectivity index (χ2v) is 7.57. The molecule has 0 bridgehead atoms. The third-order valence-electron chi connectivity index (χ3n) is 4.08. The molecule has 0 amide bonds. The second-order valence-electron chi connectivity index (χ2n) is 5.83. The van der Waals surface area contributed by atoms with Crippen molar-refractivity contribution in [3.8, 4) is 17.3 Å². The van der Waals surface area contributed by atoms with E-state index in [0.29, 0.717) is 6.07 Å². The highest BCUT2D eigenvalue weighted by Gasteiger charge is 2.27. The van der Waals surface area contributed by atoms with Crippen molar-refractivity contribution < 1.29 is 17.2 Å². The number of sulfonamides is 1. The van der Waals surface area contributed by atoms with E-state index in [1.807, 2.05) is 6.07 Å². The Morgan fingerprint density at radius 3 is 2.58 bits per heavy atom. The fourth-order valence-corrected chi connectivity index (χ4v) is 3.64. The van der Waals surface area contributed by atoms with Crippen LogP contribution in [0.5, 0.6) is 0 Å². The van der Waals surface area contributed by atoms with Crippen molar-refractivity contribution >= 4 is 10.0 Å². The van der Waals surface area contributed by atoms with Gasteiger partial charge in [-0.15, -0.1) is 0 Å². The number of halogens is 2. The first-order chi connectivity index (χ1) is 11.3. The number of rotatable bonds is 5. The molecule has 1 N–H and O–H groups in total. The van der Waals surface area contributed by atoms with Gasteiger partial charge in [-0.3, -0.25) is 0 Å². The van der Waals surface area contributed by atoms with Gasteiger partial charge in [0.1, 0.15) is 28.3 Å². The molecule has 1 aromatic carbocycles. The number of hydrogen-bond acceptors (Lipinski definition) is 3. The van der Waals surface area contributed by atoms with Crippen LogP contribution in [0, 0.1) is 28.9 Å². The van der Waals surface area contributed by atoms with Crippen LogP contribution in [0.25, 0.3) is 11.3 Å². The Labute approximate surface area is 138 Å². The summed E-state index contributed by atoms with van der Waals surface area (Å²) in [5.41, 5.74) is 0.475. The lowest BCUT2D eigenvalue weighted by Crippen LogP contribution is -2.26. The van der Waals surface area contributed by atoms with E-state index in [2.05, 4.69) is 4.72 Å². The van der Waals surface area contributed by atoms with Crippen LogP contribution in [0.2, 0.25) is 0 Å². The SMILES string of the molecule is Cn1c(C#N)ccc1-c1cc(F)c(S(=O)(=O)NCC2CC2)cc1F. The molecule has 0 saturated heterocycles. The predicted octanol–water partition coefficient (Wildman–Crippen LogP) is 2.53. The highest BCUT2D eigenvalue weighted by molar-refractivity contribution is 7.89. The topological polar surface area (TPSA) is 74.9 Å².